The van der Waals surface area contributed by atoms with Crippen LogP contribution in [0.4, 0.5) is 0 Å². The summed E-state index contributed by atoms with van der Waals surface area (Å²) in [5.41, 5.74) is 2.99. The summed E-state index contributed by atoms with van der Waals surface area (Å²) in [6, 6.07) is 20.4. The molecule has 0 saturated heterocycles. The van der Waals surface area contributed by atoms with Gasteiger partial charge < -0.3 is 9.51 Å². The predicted octanol–water partition coefficient (Wildman–Crippen LogP) is 4.53. The van der Waals surface area contributed by atoms with Crippen molar-refractivity contribution in [2.45, 2.75) is 13.5 Å². The van der Waals surface area contributed by atoms with E-state index in [0.717, 1.165) is 21.2 Å². The van der Waals surface area contributed by atoms with Gasteiger partial charge in [0, 0.05) is 15.6 Å². The molecule has 3 aromatic carbocycles. The van der Waals surface area contributed by atoms with Gasteiger partial charge in [0.05, 0.1) is 17.4 Å². The quantitative estimate of drug-likeness (QED) is 0.401. The van der Waals surface area contributed by atoms with Gasteiger partial charge in [-0.25, -0.2) is 4.79 Å². The number of halogens is 1. The highest BCUT2D eigenvalue weighted by atomic mass is 79.9. The number of aromatic amines is 1. The first-order valence-electron chi connectivity index (χ1n) is 9.91. The molecule has 2 aromatic heterocycles. The van der Waals surface area contributed by atoms with Crippen molar-refractivity contribution in [1.29, 1.82) is 0 Å². The minimum absolute atomic E-state index is 0.200. The van der Waals surface area contributed by atoms with E-state index in [9.17, 15) is 9.59 Å². The number of nitrogens with zero attached hydrogens (tertiary/aromatic N) is 3. The summed E-state index contributed by atoms with van der Waals surface area (Å²) in [5.74, 6) is 0.733. The molecule has 2 heterocycles. The summed E-state index contributed by atoms with van der Waals surface area (Å²) >= 11 is 3.48. The van der Waals surface area contributed by atoms with Crippen molar-refractivity contribution in [2.24, 2.45) is 0 Å². The highest BCUT2D eigenvalue weighted by Gasteiger charge is 2.15. The molecular weight excluding hydrogens is 472 g/mol. The fraction of sp³-hybridized carbons (Fsp3) is 0.0833. The minimum Gasteiger partial charge on any atom is -0.334 e. The first kappa shape index (κ1) is 20.1. The first-order chi connectivity index (χ1) is 15.5. The molecule has 0 radical (unpaired) electrons. The topological polar surface area (TPSA) is 93.8 Å². The largest absolute Gasteiger partial charge is 0.334 e. The predicted molar refractivity (Wildman–Crippen MR) is 126 cm³/mol. The summed E-state index contributed by atoms with van der Waals surface area (Å²) in [7, 11) is 0. The van der Waals surface area contributed by atoms with Gasteiger partial charge in [0.25, 0.3) is 11.4 Å². The Morgan fingerprint density at radius 2 is 1.81 bits per heavy atom. The van der Waals surface area contributed by atoms with E-state index in [1.807, 2.05) is 55.5 Å². The van der Waals surface area contributed by atoms with Gasteiger partial charge in [-0.1, -0.05) is 63.0 Å². The Kier molecular flexibility index (Phi) is 5.07. The zero-order valence-corrected chi connectivity index (χ0v) is 18.6. The fourth-order valence-electron chi connectivity index (χ4n) is 3.50. The molecule has 8 heteroatoms. The Hall–Kier alpha value is -3.78. The van der Waals surface area contributed by atoms with Crippen molar-refractivity contribution in [1.82, 2.24) is 19.7 Å². The molecule has 0 amide bonds. The van der Waals surface area contributed by atoms with E-state index in [1.54, 1.807) is 18.2 Å². The second-order valence-electron chi connectivity index (χ2n) is 7.47. The monoisotopic (exact) mass is 488 g/mol. The van der Waals surface area contributed by atoms with Crippen LogP contribution in [0.3, 0.4) is 0 Å². The maximum atomic E-state index is 13.0. The van der Waals surface area contributed by atoms with Crippen LogP contribution in [0, 0.1) is 6.92 Å². The van der Waals surface area contributed by atoms with E-state index in [1.165, 1.54) is 4.57 Å². The molecule has 1 N–H and O–H groups in total. The number of H-pyrrole nitrogens is 1. The van der Waals surface area contributed by atoms with E-state index >= 15 is 0 Å². The van der Waals surface area contributed by atoms with Gasteiger partial charge in [-0.05, 0) is 42.8 Å². The van der Waals surface area contributed by atoms with Crippen LogP contribution in [0.5, 0.6) is 0 Å². The van der Waals surface area contributed by atoms with Crippen LogP contribution >= 0.6 is 15.9 Å². The molecule has 0 saturated carbocycles. The standard InChI is InChI=1S/C24H17BrN4O3/c1-14-6-8-15(9-7-14)13-29-23(30)18-11-10-16(12-20(18)26-24(29)31)22-27-21(28-32-22)17-4-2-3-5-19(17)25/h2-12H,13H2,1H3,(H,26,31). The molecule has 7 nitrogen and oxygen atoms in total. The van der Waals surface area contributed by atoms with Gasteiger partial charge in [0.2, 0.25) is 5.82 Å². The number of hydrogen-bond acceptors (Lipinski definition) is 5. The van der Waals surface area contributed by atoms with Gasteiger partial charge >= 0.3 is 5.69 Å². The van der Waals surface area contributed by atoms with Crippen molar-refractivity contribution in [2.75, 3.05) is 0 Å². The van der Waals surface area contributed by atoms with E-state index in [4.69, 9.17) is 4.52 Å². The van der Waals surface area contributed by atoms with Crippen LogP contribution in [-0.2, 0) is 6.54 Å². The SMILES string of the molecule is Cc1ccc(Cn2c(=O)[nH]c3cc(-c4nc(-c5ccccc5Br)no4)ccc3c2=O)cc1. The molecule has 158 valence electrons. The van der Waals surface area contributed by atoms with Crippen LogP contribution in [0.1, 0.15) is 11.1 Å². The van der Waals surface area contributed by atoms with Gasteiger partial charge in [0.1, 0.15) is 0 Å². The highest BCUT2D eigenvalue weighted by molar-refractivity contribution is 9.10. The zero-order chi connectivity index (χ0) is 22.2. The maximum Gasteiger partial charge on any atom is 0.329 e. The lowest BCUT2D eigenvalue weighted by Crippen LogP contribution is -2.35. The van der Waals surface area contributed by atoms with Crippen molar-refractivity contribution in [3.8, 4) is 22.8 Å². The Bertz CT molecular complexity index is 1570. The van der Waals surface area contributed by atoms with Crippen LogP contribution in [0.15, 0.2) is 85.3 Å². The third-order valence-electron chi connectivity index (χ3n) is 5.23. The lowest BCUT2D eigenvalue weighted by Gasteiger charge is -2.07. The molecule has 0 aliphatic carbocycles. The molecule has 0 aliphatic heterocycles. The average molecular weight is 489 g/mol. The molecule has 0 fully saturated rings. The van der Waals surface area contributed by atoms with Crippen molar-refractivity contribution >= 4 is 26.8 Å². The molecule has 0 bridgehead atoms. The molecule has 0 aliphatic rings. The maximum absolute atomic E-state index is 13.0. The normalized spacial score (nSPS) is 11.2. The summed E-state index contributed by atoms with van der Waals surface area (Å²) in [5, 5.41) is 4.46. The lowest BCUT2D eigenvalue weighted by atomic mass is 10.1. The highest BCUT2D eigenvalue weighted by Crippen LogP contribution is 2.28. The number of hydrogen-bond donors (Lipinski definition) is 1. The molecule has 5 aromatic rings. The summed E-state index contributed by atoms with van der Waals surface area (Å²) < 4.78 is 7.47. The number of aryl methyl sites for hydroxylation is 1. The number of nitrogens with one attached hydrogen (secondary N) is 1. The van der Waals surface area contributed by atoms with E-state index < -0.39 is 5.69 Å². The lowest BCUT2D eigenvalue weighted by molar-refractivity contribution is 0.432. The van der Waals surface area contributed by atoms with Crippen LogP contribution in [0.25, 0.3) is 33.7 Å². The fourth-order valence-corrected chi connectivity index (χ4v) is 3.96. The number of aromatic nitrogens is 4. The molecule has 0 atom stereocenters. The van der Waals surface area contributed by atoms with Gasteiger partial charge in [0.15, 0.2) is 0 Å². The van der Waals surface area contributed by atoms with E-state index in [2.05, 4.69) is 31.1 Å². The third-order valence-corrected chi connectivity index (χ3v) is 5.92. The van der Waals surface area contributed by atoms with Crippen LogP contribution in [0.2, 0.25) is 0 Å². The van der Waals surface area contributed by atoms with Crippen LogP contribution in [-0.4, -0.2) is 19.7 Å². The third kappa shape index (κ3) is 3.69. The van der Waals surface area contributed by atoms with Gasteiger partial charge in [-0.2, -0.15) is 4.98 Å². The zero-order valence-electron chi connectivity index (χ0n) is 17.0. The van der Waals surface area contributed by atoms with Gasteiger partial charge in [-0.3, -0.25) is 9.36 Å². The smallest absolute Gasteiger partial charge is 0.329 e. The Morgan fingerprint density at radius 1 is 1.03 bits per heavy atom. The summed E-state index contributed by atoms with van der Waals surface area (Å²) in [6.45, 7) is 2.19. The molecule has 0 spiro atoms. The molecular formula is C24H17BrN4O3. The Morgan fingerprint density at radius 3 is 2.59 bits per heavy atom. The second-order valence-corrected chi connectivity index (χ2v) is 8.32. The summed E-state index contributed by atoms with van der Waals surface area (Å²) in [4.78, 5) is 32.9. The van der Waals surface area contributed by atoms with E-state index in [0.29, 0.717) is 28.2 Å². The first-order valence-corrected chi connectivity index (χ1v) is 10.7. The number of rotatable bonds is 4. The minimum atomic E-state index is -0.473. The Labute approximate surface area is 190 Å². The molecule has 5 rings (SSSR count). The number of fused-ring (bicyclic) bond motifs is 1. The second kappa shape index (κ2) is 8.05. The van der Waals surface area contributed by atoms with Gasteiger partial charge in [-0.15, -0.1) is 0 Å². The van der Waals surface area contributed by atoms with E-state index in [-0.39, 0.29) is 12.1 Å². The van der Waals surface area contributed by atoms with Crippen molar-refractivity contribution in [3.63, 3.8) is 0 Å². The number of benzene rings is 3. The summed E-state index contributed by atoms with van der Waals surface area (Å²) in [6.07, 6.45) is 0. The van der Waals surface area contributed by atoms with Crippen molar-refractivity contribution in [3.05, 3.63) is 103 Å². The molecule has 0 unspecified atom stereocenters. The molecule has 32 heavy (non-hydrogen) atoms. The Balaban J connectivity index is 1.53. The van der Waals surface area contributed by atoms with Crippen molar-refractivity contribution < 1.29 is 4.52 Å². The van der Waals surface area contributed by atoms with Crippen LogP contribution < -0.4 is 11.2 Å². The average Bonchev–Trinajstić information content (AvgIpc) is 3.28.